The standard InChI is InChI=1S/C22H40O6S12/c23-16-33-7-9-37-20(25)13-30-2-1-29-11-12-40(28)19-36-6-5-35-18-39-22(27)15-32-4-3-31-14-21(26)38-10-8-34-17-24/h23-24H,1-19H2. The van der Waals surface area contributed by atoms with Gasteiger partial charge in [-0.15, -0.1) is 47.0 Å². The van der Waals surface area contributed by atoms with Crippen LogP contribution in [0.15, 0.2) is 0 Å². The minimum Gasteiger partial charge on any atom is -0.386 e. The van der Waals surface area contributed by atoms with Gasteiger partial charge in [0.1, 0.15) is 0 Å². The second-order valence-corrected chi connectivity index (χ2v) is 21.5. The smallest absolute Gasteiger partial charge is 0.199 e. The van der Waals surface area contributed by atoms with Crippen molar-refractivity contribution in [2.75, 3.05) is 108 Å². The number of aliphatic hydroxyl groups is 2. The first-order valence-electron chi connectivity index (χ1n) is 12.1. The van der Waals surface area contributed by atoms with E-state index in [1.807, 2.05) is 0 Å². The average Bonchev–Trinajstić information content (AvgIpc) is 2.94. The Labute approximate surface area is 289 Å². The van der Waals surface area contributed by atoms with Crippen molar-refractivity contribution in [1.29, 1.82) is 0 Å². The van der Waals surface area contributed by atoms with Gasteiger partial charge in [-0.05, 0) is 0 Å². The second kappa shape index (κ2) is 34.8. The molecule has 0 aromatic carbocycles. The highest BCUT2D eigenvalue weighted by atomic mass is 32.2. The van der Waals surface area contributed by atoms with Crippen LogP contribution in [-0.2, 0) is 25.2 Å². The third kappa shape index (κ3) is 33.8. The molecular weight excluding hydrogens is 745 g/mol. The molecule has 0 saturated heterocycles. The molecule has 0 fully saturated rings. The largest absolute Gasteiger partial charge is 0.386 e. The van der Waals surface area contributed by atoms with Crippen LogP contribution in [0, 0.1) is 0 Å². The molecular formula is C22H40O6S12. The van der Waals surface area contributed by atoms with Gasteiger partial charge in [0.25, 0.3) is 0 Å². The zero-order valence-electron chi connectivity index (χ0n) is 22.4. The summed E-state index contributed by atoms with van der Waals surface area (Å²) in [6, 6.07) is 0. The lowest BCUT2D eigenvalue weighted by atomic mass is 10.9. The highest BCUT2D eigenvalue weighted by Crippen LogP contribution is 2.19. The quantitative estimate of drug-likeness (QED) is 0.0736. The van der Waals surface area contributed by atoms with Crippen LogP contribution < -0.4 is 0 Å². The fourth-order valence-electron chi connectivity index (χ4n) is 2.13. The summed E-state index contributed by atoms with van der Waals surface area (Å²) >= 11 is 17.0. The Hall–Kier alpha value is 2.93. The summed E-state index contributed by atoms with van der Waals surface area (Å²) in [6.07, 6.45) is 0. The van der Waals surface area contributed by atoms with Crippen LogP contribution in [-0.4, -0.2) is 138 Å². The van der Waals surface area contributed by atoms with Crippen LogP contribution in [0.3, 0.4) is 0 Å². The van der Waals surface area contributed by atoms with Gasteiger partial charge in [0, 0.05) is 84.9 Å². The first-order chi connectivity index (χ1) is 19.5. The summed E-state index contributed by atoms with van der Waals surface area (Å²) in [4.78, 5) is 35.4. The fourth-order valence-corrected chi connectivity index (χ4v) is 14.4. The molecule has 0 aromatic rings. The molecule has 236 valence electrons. The Kier molecular flexibility index (Phi) is 37.3. The topological polar surface area (TPSA) is 109 Å². The van der Waals surface area contributed by atoms with E-state index in [0.717, 1.165) is 68.4 Å². The van der Waals surface area contributed by atoms with Crippen molar-refractivity contribution in [2.45, 2.75) is 0 Å². The van der Waals surface area contributed by atoms with Crippen molar-refractivity contribution >= 4 is 156 Å². The summed E-state index contributed by atoms with van der Waals surface area (Å²) < 4.78 is 12.1. The maximum absolute atomic E-state index is 12.1. The van der Waals surface area contributed by atoms with Crippen molar-refractivity contribution in [1.82, 2.24) is 0 Å². The number of carbonyl (C=O) groups is 3. The number of hydrogen-bond donors (Lipinski definition) is 2. The molecule has 0 amide bonds. The van der Waals surface area contributed by atoms with Crippen LogP contribution in [0.2, 0.25) is 0 Å². The molecule has 1 unspecified atom stereocenters. The van der Waals surface area contributed by atoms with Gasteiger partial charge in [-0.1, -0.05) is 35.3 Å². The molecule has 0 aromatic heterocycles. The number of thioether (sulfide) groups is 11. The molecule has 0 aliphatic heterocycles. The molecule has 0 bridgehead atoms. The van der Waals surface area contributed by atoms with E-state index in [9.17, 15) is 18.6 Å². The zero-order chi connectivity index (χ0) is 29.5. The highest BCUT2D eigenvalue weighted by Gasteiger charge is 2.07. The minimum atomic E-state index is -0.811. The molecule has 40 heavy (non-hydrogen) atoms. The lowest BCUT2D eigenvalue weighted by molar-refractivity contribution is -0.109. The van der Waals surface area contributed by atoms with Gasteiger partial charge < -0.3 is 10.2 Å². The van der Waals surface area contributed by atoms with Crippen molar-refractivity contribution in [3.63, 3.8) is 0 Å². The molecule has 0 aliphatic carbocycles. The molecule has 6 nitrogen and oxygen atoms in total. The summed E-state index contributed by atoms with van der Waals surface area (Å²) in [6.45, 7) is 0. The van der Waals surface area contributed by atoms with Gasteiger partial charge in [-0.3, -0.25) is 18.6 Å². The van der Waals surface area contributed by atoms with Crippen molar-refractivity contribution in [3.8, 4) is 0 Å². The summed E-state index contributed by atoms with van der Waals surface area (Å²) in [5.74, 6) is 11.9. The van der Waals surface area contributed by atoms with Crippen LogP contribution in [0.4, 0.5) is 0 Å². The maximum Gasteiger partial charge on any atom is 0.199 e. The van der Waals surface area contributed by atoms with E-state index in [-0.39, 0.29) is 27.2 Å². The summed E-state index contributed by atoms with van der Waals surface area (Å²) in [5, 5.41) is 19.4. The van der Waals surface area contributed by atoms with Crippen LogP contribution in [0.1, 0.15) is 0 Å². The number of aliphatic hydroxyl groups excluding tert-OH is 2. The highest BCUT2D eigenvalue weighted by molar-refractivity contribution is 8.25. The molecule has 0 aliphatic rings. The van der Waals surface area contributed by atoms with E-state index >= 15 is 0 Å². The lowest BCUT2D eigenvalue weighted by Crippen LogP contribution is -2.05. The van der Waals surface area contributed by atoms with Crippen molar-refractivity contribution < 1.29 is 28.8 Å². The second-order valence-electron chi connectivity index (χ2n) is 7.00. The zero-order valence-corrected chi connectivity index (χ0v) is 32.2. The molecule has 2 N–H and O–H groups in total. The van der Waals surface area contributed by atoms with Crippen LogP contribution >= 0.6 is 129 Å². The average molecular weight is 785 g/mol. The van der Waals surface area contributed by atoms with E-state index in [2.05, 4.69) is 0 Å². The Morgan fingerprint density at radius 1 is 0.475 bits per heavy atom. The van der Waals surface area contributed by atoms with Gasteiger partial charge in [0.2, 0.25) is 0 Å². The van der Waals surface area contributed by atoms with E-state index in [1.54, 1.807) is 70.6 Å². The van der Waals surface area contributed by atoms with Gasteiger partial charge in [-0.2, -0.15) is 47.0 Å². The molecule has 0 radical (unpaired) electrons. The van der Waals surface area contributed by atoms with Crippen molar-refractivity contribution in [2.24, 2.45) is 0 Å². The number of carbonyl (C=O) groups excluding carboxylic acids is 3. The van der Waals surface area contributed by atoms with Gasteiger partial charge in [0.05, 0.1) is 34.2 Å². The number of hydrogen-bond acceptors (Lipinski definition) is 17. The SMILES string of the molecule is O=C(CSCCSCCS(=O)CSCCSCSC(=O)CSCCSCC(=O)SCCSCO)SCCSCO. The molecule has 0 spiro atoms. The minimum absolute atomic E-state index is 0.0981. The van der Waals surface area contributed by atoms with Crippen molar-refractivity contribution in [3.05, 3.63) is 0 Å². The Morgan fingerprint density at radius 3 is 1.43 bits per heavy atom. The monoisotopic (exact) mass is 784 g/mol. The first kappa shape index (κ1) is 42.9. The summed E-state index contributed by atoms with van der Waals surface area (Å²) in [7, 11) is -0.811. The normalized spacial score (nSPS) is 12.1. The molecule has 0 heterocycles. The lowest BCUT2D eigenvalue weighted by Gasteiger charge is -2.04. The molecule has 0 rings (SSSR count). The third-order valence-corrected chi connectivity index (χ3v) is 17.9. The van der Waals surface area contributed by atoms with E-state index in [4.69, 9.17) is 10.2 Å². The van der Waals surface area contributed by atoms with Gasteiger partial charge in [-0.25, -0.2) is 0 Å². The van der Waals surface area contributed by atoms with E-state index in [1.165, 1.54) is 58.8 Å². The number of rotatable bonds is 30. The van der Waals surface area contributed by atoms with Gasteiger partial charge >= 0.3 is 0 Å². The Balaban J connectivity index is 3.38. The Bertz CT molecular complexity index is 662. The fraction of sp³-hybridized carbons (Fsp3) is 0.864. The third-order valence-electron chi connectivity index (χ3n) is 3.91. The first-order valence-corrected chi connectivity index (χ1v) is 25.8. The van der Waals surface area contributed by atoms with E-state index in [0.29, 0.717) is 28.1 Å². The predicted molar refractivity (Wildman–Crippen MR) is 204 cm³/mol. The van der Waals surface area contributed by atoms with Crippen LogP contribution in [0.25, 0.3) is 0 Å². The molecule has 18 heteroatoms. The maximum atomic E-state index is 12.1. The Morgan fingerprint density at radius 2 is 0.900 bits per heavy atom. The van der Waals surface area contributed by atoms with E-state index < -0.39 is 10.8 Å². The van der Waals surface area contributed by atoms with Crippen LogP contribution in [0.5, 0.6) is 0 Å². The predicted octanol–water partition coefficient (Wildman–Crippen LogP) is 5.19. The molecule has 0 saturated carbocycles. The summed E-state index contributed by atoms with van der Waals surface area (Å²) in [5.41, 5.74) is 0. The molecule has 1 atom stereocenters. The van der Waals surface area contributed by atoms with Gasteiger partial charge in [0.15, 0.2) is 15.3 Å².